The Morgan fingerprint density at radius 1 is 1.13 bits per heavy atom. The maximum Gasteiger partial charge on any atom is 0.125 e. The van der Waals surface area contributed by atoms with Crippen molar-refractivity contribution in [3.63, 3.8) is 0 Å². The molecule has 2 heterocycles. The van der Waals surface area contributed by atoms with Gasteiger partial charge in [0.25, 0.3) is 0 Å². The summed E-state index contributed by atoms with van der Waals surface area (Å²) >= 11 is 6.12. The monoisotopic (exact) mass is 326 g/mol. The van der Waals surface area contributed by atoms with E-state index in [1.54, 1.807) is 7.11 Å². The fourth-order valence-corrected chi connectivity index (χ4v) is 3.79. The summed E-state index contributed by atoms with van der Waals surface area (Å²) in [7, 11) is 1.69. The summed E-state index contributed by atoms with van der Waals surface area (Å²) in [5.41, 5.74) is 5.05. The van der Waals surface area contributed by atoms with Gasteiger partial charge in [0.15, 0.2) is 0 Å². The number of benzene rings is 2. The number of fused-ring (bicyclic) bond motifs is 3. The largest absolute Gasteiger partial charge is 0.496 e. The Kier molecular flexibility index (Phi) is 3.55. The van der Waals surface area contributed by atoms with Gasteiger partial charge in [-0.1, -0.05) is 23.7 Å². The Morgan fingerprint density at radius 2 is 1.96 bits per heavy atom. The number of H-pyrrole nitrogens is 1. The number of nitrogens with one attached hydrogen (secondary N) is 2. The molecule has 118 valence electrons. The summed E-state index contributed by atoms with van der Waals surface area (Å²) in [6.07, 6.45) is 3.03. The first-order chi connectivity index (χ1) is 11.2. The zero-order valence-electron chi connectivity index (χ0n) is 13.2. The molecule has 0 spiro atoms. The molecule has 3 aromatic rings. The van der Waals surface area contributed by atoms with E-state index in [2.05, 4.69) is 41.5 Å². The highest BCUT2D eigenvalue weighted by Gasteiger charge is 2.28. The highest BCUT2D eigenvalue weighted by molar-refractivity contribution is 6.30. The van der Waals surface area contributed by atoms with E-state index in [0.29, 0.717) is 11.1 Å². The smallest absolute Gasteiger partial charge is 0.125 e. The van der Waals surface area contributed by atoms with Gasteiger partial charge in [0.2, 0.25) is 0 Å². The second-order valence-corrected chi connectivity index (χ2v) is 6.60. The number of rotatable bonds is 2. The van der Waals surface area contributed by atoms with Crippen molar-refractivity contribution in [1.29, 1.82) is 0 Å². The quantitative estimate of drug-likeness (QED) is 0.730. The van der Waals surface area contributed by atoms with E-state index in [9.17, 15) is 0 Å². The minimum atomic E-state index is 0.111. The first kappa shape index (κ1) is 14.6. The molecule has 3 nitrogen and oxygen atoms in total. The molecule has 0 saturated heterocycles. The van der Waals surface area contributed by atoms with Crippen molar-refractivity contribution in [3.05, 3.63) is 64.3 Å². The zero-order valence-corrected chi connectivity index (χ0v) is 13.9. The maximum atomic E-state index is 6.12. The van der Waals surface area contributed by atoms with Crippen molar-refractivity contribution < 1.29 is 4.74 Å². The highest BCUT2D eigenvalue weighted by atomic mass is 35.5. The molecule has 23 heavy (non-hydrogen) atoms. The Labute approximate surface area is 140 Å². The minimum absolute atomic E-state index is 0.111. The average Bonchev–Trinajstić information content (AvgIpc) is 3.03. The summed E-state index contributed by atoms with van der Waals surface area (Å²) in [6, 6.07) is 12.9. The van der Waals surface area contributed by atoms with Crippen molar-refractivity contribution >= 4 is 22.5 Å². The molecular formula is C19H19ClN2O. The van der Waals surface area contributed by atoms with Gasteiger partial charge in [-0.2, -0.15) is 0 Å². The number of methoxy groups -OCH3 is 1. The predicted molar refractivity (Wildman–Crippen MR) is 94.4 cm³/mol. The second-order valence-electron chi connectivity index (χ2n) is 6.16. The van der Waals surface area contributed by atoms with Gasteiger partial charge in [-0.25, -0.2) is 0 Å². The Hall–Kier alpha value is -1.97. The second kappa shape index (κ2) is 5.59. The van der Waals surface area contributed by atoms with Crippen LogP contribution in [0.4, 0.5) is 0 Å². The van der Waals surface area contributed by atoms with Gasteiger partial charge in [-0.3, -0.25) is 0 Å². The first-order valence-corrected chi connectivity index (χ1v) is 8.23. The average molecular weight is 327 g/mol. The van der Waals surface area contributed by atoms with Crippen LogP contribution < -0.4 is 10.1 Å². The van der Waals surface area contributed by atoms with E-state index in [-0.39, 0.29) is 6.04 Å². The Balaban J connectivity index is 1.91. The van der Waals surface area contributed by atoms with E-state index >= 15 is 0 Å². The topological polar surface area (TPSA) is 37.0 Å². The van der Waals surface area contributed by atoms with Crippen molar-refractivity contribution in [1.82, 2.24) is 10.3 Å². The van der Waals surface area contributed by atoms with E-state index in [1.807, 2.05) is 18.3 Å². The van der Waals surface area contributed by atoms with Crippen molar-refractivity contribution in [2.24, 2.45) is 0 Å². The first-order valence-electron chi connectivity index (χ1n) is 7.85. The molecule has 4 heteroatoms. The third-order valence-corrected chi connectivity index (χ3v) is 4.90. The molecule has 1 aliphatic heterocycles. The van der Waals surface area contributed by atoms with Gasteiger partial charge in [0.05, 0.1) is 13.2 Å². The molecule has 1 aromatic heterocycles. The lowest BCUT2D eigenvalue weighted by atomic mass is 9.85. The van der Waals surface area contributed by atoms with Crippen LogP contribution in [0.2, 0.25) is 5.02 Å². The Bertz CT molecular complexity index is 871. The number of ether oxygens (including phenoxy) is 1. The normalized spacial score (nSPS) is 20.5. The molecule has 0 aliphatic carbocycles. The maximum absolute atomic E-state index is 6.12. The molecule has 0 bridgehead atoms. The van der Waals surface area contributed by atoms with Crippen LogP contribution >= 0.6 is 11.6 Å². The molecule has 0 unspecified atom stereocenters. The SMILES string of the molecule is COc1cc(Cl)ccc1[C@H]1N[C@H](C)Cc2c1ccc1[nH]ccc21. The molecular weight excluding hydrogens is 308 g/mol. The van der Waals surface area contributed by atoms with Crippen LogP contribution in [0.25, 0.3) is 10.9 Å². The van der Waals surface area contributed by atoms with E-state index in [4.69, 9.17) is 16.3 Å². The number of halogens is 1. The summed E-state index contributed by atoms with van der Waals surface area (Å²) < 4.78 is 5.57. The fraction of sp³-hybridized carbons (Fsp3) is 0.263. The van der Waals surface area contributed by atoms with E-state index in [1.165, 1.54) is 22.0 Å². The molecule has 2 aromatic carbocycles. The summed E-state index contributed by atoms with van der Waals surface area (Å²) in [5, 5.41) is 5.71. The van der Waals surface area contributed by atoms with Crippen molar-refractivity contribution in [2.75, 3.05) is 7.11 Å². The molecule has 0 radical (unpaired) electrons. The molecule has 0 fully saturated rings. The fourth-order valence-electron chi connectivity index (χ4n) is 3.63. The molecule has 2 N–H and O–H groups in total. The predicted octanol–water partition coefficient (Wildman–Crippen LogP) is 4.45. The van der Waals surface area contributed by atoms with Crippen LogP contribution in [-0.2, 0) is 6.42 Å². The third kappa shape index (κ3) is 2.41. The lowest BCUT2D eigenvalue weighted by molar-refractivity contribution is 0.394. The summed E-state index contributed by atoms with van der Waals surface area (Å²) in [6.45, 7) is 2.23. The number of hydrogen-bond donors (Lipinski definition) is 2. The van der Waals surface area contributed by atoms with Gasteiger partial charge in [0, 0.05) is 33.7 Å². The lowest BCUT2D eigenvalue weighted by Gasteiger charge is -2.33. The zero-order chi connectivity index (χ0) is 16.0. The summed E-state index contributed by atoms with van der Waals surface area (Å²) in [5.74, 6) is 0.823. The standard InChI is InChI=1S/C19H19ClN2O/c1-11-9-16-13-7-8-21-17(13)6-5-14(16)19(22-11)15-4-3-12(20)10-18(15)23-2/h3-8,10-11,19,21-22H,9H2,1-2H3/t11-,19+/m1/s1. The van der Waals surface area contributed by atoms with Crippen LogP contribution in [0.1, 0.15) is 29.7 Å². The molecule has 0 amide bonds. The van der Waals surface area contributed by atoms with Gasteiger partial charge in [-0.15, -0.1) is 0 Å². The van der Waals surface area contributed by atoms with Crippen LogP contribution in [0.3, 0.4) is 0 Å². The highest BCUT2D eigenvalue weighted by Crippen LogP contribution is 2.38. The van der Waals surface area contributed by atoms with Crippen LogP contribution in [0.5, 0.6) is 5.75 Å². The molecule has 2 atom stereocenters. The van der Waals surface area contributed by atoms with E-state index in [0.717, 1.165) is 17.7 Å². The van der Waals surface area contributed by atoms with Crippen molar-refractivity contribution in [2.45, 2.75) is 25.4 Å². The molecule has 0 saturated carbocycles. The van der Waals surface area contributed by atoms with Gasteiger partial charge in [0.1, 0.15) is 5.75 Å². The Morgan fingerprint density at radius 3 is 2.78 bits per heavy atom. The van der Waals surface area contributed by atoms with Crippen molar-refractivity contribution in [3.8, 4) is 5.75 Å². The molecule has 4 rings (SSSR count). The number of hydrogen-bond acceptors (Lipinski definition) is 2. The van der Waals surface area contributed by atoms with Crippen LogP contribution in [0, 0.1) is 0 Å². The number of aromatic nitrogens is 1. The number of aromatic amines is 1. The third-order valence-electron chi connectivity index (χ3n) is 4.66. The summed E-state index contributed by atoms with van der Waals surface area (Å²) in [4.78, 5) is 3.31. The van der Waals surface area contributed by atoms with Crippen LogP contribution in [0.15, 0.2) is 42.6 Å². The lowest BCUT2D eigenvalue weighted by Crippen LogP contribution is -2.38. The van der Waals surface area contributed by atoms with Gasteiger partial charge >= 0.3 is 0 Å². The van der Waals surface area contributed by atoms with Gasteiger partial charge in [-0.05, 0) is 48.7 Å². The van der Waals surface area contributed by atoms with Gasteiger partial charge < -0.3 is 15.0 Å². The molecule has 1 aliphatic rings. The van der Waals surface area contributed by atoms with E-state index < -0.39 is 0 Å². The van der Waals surface area contributed by atoms with Crippen LogP contribution in [-0.4, -0.2) is 18.1 Å². The minimum Gasteiger partial charge on any atom is -0.496 e.